The highest BCUT2D eigenvalue weighted by Gasteiger charge is 2.40. The maximum Gasteiger partial charge on any atom is 0.502 e. The first-order chi connectivity index (χ1) is 14.4. The Hall–Kier alpha value is 0.0338. The summed E-state index contributed by atoms with van der Waals surface area (Å²) in [6.45, 7) is 5.68. The smallest absolute Gasteiger partial charge is 0.379 e. The number of hydrogen-bond donors (Lipinski definition) is 0. The molecule has 0 N–H and O–H groups in total. The second kappa shape index (κ2) is 15.0. The molecule has 0 spiro atoms. The van der Waals surface area contributed by atoms with Crippen molar-refractivity contribution in [2.45, 2.75) is 43.7 Å². The van der Waals surface area contributed by atoms with Crippen LogP contribution in [0.15, 0.2) is 0 Å². The average molecular weight is 473 g/mol. The predicted octanol–water partition coefficient (Wildman–Crippen LogP) is 1.34. The molecule has 0 aromatic rings. The van der Waals surface area contributed by atoms with Crippen molar-refractivity contribution in [3.8, 4) is 0 Å². The average Bonchev–Trinajstić information content (AvgIpc) is 3.69. The van der Waals surface area contributed by atoms with Crippen LogP contribution in [0.2, 0.25) is 12.1 Å². The number of ether oxygens (including phenoxy) is 4. The molecule has 3 unspecified atom stereocenters. The van der Waals surface area contributed by atoms with Crippen molar-refractivity contribution in [2.24, 2.45) is 0 Å². The Morgan fingerprint density at radius 3 is 1.67 bits per heavy atom. The Labute approximate surface area is 183 Å². The molecule has 0 aliphatic carbocycles. The summed E-state index contributed by atoms with van der Waals surface area (Å²) in [5, 5.41) is 0. The molecule has 2 aliphatic rings. The normalized spacial score (nSPS) is 21.7. The van der Waals surface area contributed by atoms with E-state index in [1.54, 1.807) is 42.7 Å². The Morgan fingerprint density at radius 2 is 1.23 bits per heavy atom. The molecule has 30 heavy (non-hydrogen) atoms. The van der Waals surface area contributed by atoms with Crippen LogP contribution < -0.4 is 0 Å². The highest BCUT2D eigenvalue weighted by Crippen LogP contribution is 2.19. The molecule has 0 amide bonds. The summed E-state index contributed by atoms with van der Waals surface area (Å²) < 4.78 is 52.9. The fraction of sp³-hybridized carbons (Fsp3) is 1.00. The van der Waals surface area contributed by atoms with Gasteiger partial charge in [-0.25, -0.2) is 0 Å². The van der Waals surface area contributed by atoms with Crippen LogP contribution in [0.25, 0.3) is 0 Å². The lowest BCUT2D eigenvalue weighted by Gasteiger charge is -2.27. The molecule has 0 bridgehead atoms. The van der Waals surface area contributed by atoms with Gasteiger partial charge in [-0.05, 0) is 13.3 Å². The van der Waals surface area contributed by atoms with Gasteiger partial charge in [0, 0.05) is 61.4 Å². The van der Waals surface area contributed by atoms with E-state index < -0.39 is 17.6 Å². The standard InChI is InChI=1S/2C9H20O5Si/c1-8(13-5-9-6-14-9)7-15(10-2,11-3)12-4;1-10-15(11-2,12-3)6-4-5-13-7-9-8-14-9/h8-9H,5-7H2,1-4H3;9H,4-8H2,1-3H3. The Bertz CT molecular complexity index is 413. The largest absolute Gasteiger partial charge is 0.502 e. The molecule has 0 saturated carbocycles. The molecule has 10 nitrogen and oxygen atoms in total. The quantitative estimate of drug-likeness (QED) is 0.175. The summed E-state index contributed by atoms with van der Waals surface area (Å²) in [5.74, 6) is 0. The second-order valence-corrected chi connectivity index (χ2v) is 13.1. The van der Waals surface area contributed by atoms with Crippen LogP contribution in [0.3, 0.4) is 0 Å². The van der Waals surface area contributed by atoms with Crippen LogP contribution in [-0.4, -0.2) is 112 Å². The van der Waals surface area contributed by atoms with Crippen LogP contribution >= 0.6 is 0 Å². The lowest BCUT2D eigenvalue weighted by atomic mass is 10.4. The molecule has 2 aliphatic heterocycles. The third-order valence-corrected chi connectivity index (χ3v) is 10.6. The van der Waals surface area contributed by atoms with Crippen LogP contribution in [0.4, 0.5) is 0 Å². The highest BCUT2D eigenvalue weighted by molar-refractivity contribution is 6.61. The molecule has 0 aromatic carbocycles. The molecule has 3 atom stereocenters. The molecule has 2 saturated heterocycles. The van der Waals surface area contributed by atoms with Crippen LogP contribution in [-0.2, 0) is 45.5 Å². The monoisotopic (exact) mass is 472 g/mol. The minimum atomic E-state index is -2.50. The zero-order valence-corrected chi connectivity index (χ0v) is 21.5. The van der Waals surface area contributed by atoms with E-state index in [1.807, 2.05) is 6.92 Å². The van der Waals surface area contributed by atoms with Crippen LogP contribution in [0, 0.1) is 0 Å². The molecular formula is C18H40O10Si2. The Morgan fingerprint density at radius 1 is 0.767 bits per heavy atom. The Kier molecular flexibility index (Phi) is 14.0. The maximum absolute atomic E-state index is 5.60. The van der Waals surface area contributed by atoms with Crippen molar-refractivity contribution < 1.29 is 45.5 Å². The van der Waals surface area contributed by atoms with E-state index in [2.05, 4.69) is 0 Å². The van der Waals surface area contributed by atoms with Gasteiger partial charge in [0.1, 0.15) is 12.2 Å². The molecule has 2 fully saturated rings. The summed E-state index contributed by atoms with van der Waals surface area (Å²) in [7, 11) is 4.80. The van der Waals surface area contributed by atoms with Gasteiger partial charge in [0.25, 0.3) is 0 Å². The van der Waals surface area contributed by atoms with E-state index >= 15 is 0 Å². The predicted molar refractivity (Wildman–Crippen MR) is 114 cm³/mol. The summed E-state index contributed by atoms with van der Waals surface area (Å²) in [5.41, 5.74) is 0. The molecule has 12 heteroatoms. The van der Waals surface area contributed by atoms with E-state index in [0.29, 0.717) is 32.0 Å². The lowest BCUT2D eigenvalue weighted by molar-refractivity contribution is 0.0435. The zero-order chi connectivity index (χ0) is 22.5. The first-order valence-corrected chi connectivity index (χ1v) is 14.0. The summed E-state index contributed by atoms with van der Waals surface area (Å²) in [6, 6.07) is 1.44. The molecule has 2 heterocycles. The molecule has 2 rings (SSSR count). The Balaban J connectivity index is 0.000000300. The van der Waals surface area contributed by atoms with Crippen molar-refractivity contribution in [1.82, 2.24) is 0 Å². The van der Waals surface area contributed by atoms with Gasteiger partial charge >= 0.3 is 17.6 Å². The molecule has 180 valence electrons. The zero-order valence-electron chi connectivity index (χ0n) is 19.5. The minimum Gasteiger partial charge on any atom is -0.379 e. The van der Waals surface area contributed by atoms with Gasteiger partial charge in [0.05, 0.1) is 32.5 Å². The topological polar surface area (TPSA) is 98.9 Å². The first kappa shape index (κ1) is 28.1. The van der Waals surface area contributed by atoms with E-state index in [0.717, 1.165) is 25.7 Å². The minimum absolute atomic E-state index is 0.0562. The van der Waals surface area contributed by atoms with E-state index in [-0.39, 0.29) is 12.2 Å². The fourth-order valence-corrected chi connectivity index (χ4v) is 6.18. The van der Waals surface area contributed by atoms with Gasteiger partial charge in [0.2, 0.25) is 0 Å². The van der Waals surface area contributed by atoms with Crippen molar-refractivity contribution in [1.29, 1.82) is 0 Å². The molecular weight excluding hydrogens is 432 g/mol. The van der Waals surface area contributed by atoms with Gasteiger partial charge < -0.3 is 45.5 Å². The number of rotatable bonds is 17. The van der Waals surface area contributed by atoms with E-state index in [9.17, 15) is 0 Å². The second-order valence-electron chi connectivity index (χ2n) is 7.03. The maximum atomic E-state index is 5.60. The van der Waals surface area contributed by atoms with Gasteiger partial charge in [-0.3, -0.25) is 0 Å². The summed E-state index contributed by atoms with van der Waals surface area (Å²) >= 11 is 0. The molecule has 0 aromatic heterocycles. The summed E-state index contributed by atoms with van der Waals surface area (Å²) in [6.07, 6.45) is 1.56. The highest BCUT2D eigenvalue weighted by atomic mass is 28.4. The van der Waals surface area contributed by atoms with Gasteiger partial charge in [-0.2, -0.15) is 0 Å². The molecule has 0 radical (unpaired) electrons. The SMILES string of the molecule is CO[Si](CC(C)OCC1CO1)(OC)OC.CO[Si](CCCOCC1CO1)(OC)OC. The van der Waals surface area contributed by atoms with Gasteiger partial charge in [0.15, 0.2) is 0 Å². The summed E-state index contributed by atoms with van der Waals surface area (Å²) in [4.78, 5) is 0. The van der Waals surface area contributed by atoms with Crippen molar-refractivity contribution in [3.63, 3.8) is 0 Å². The van der Waals surface area contributed by atoms with E-state index in [4.69, 9.17) is 45.5 Å². The van der Waals surface area contributed by atoms with Crippen molar-refractivity contribution in [2.75, 3.05) is 75.7 Å². The van der Waals surface area contributed by atoms with Crippen molar-refractivity contribution >= 4 is 17.6 Å². The third-order valence-electron chi connectivity index (χ3n) is 4.85. The van der Waals surface area contributed by atoms with Crippen LogP contribution in [0.1, 0.15) is 13.3 Å². The van der Waals surface area contributed by atoms with Crippen LogP contribution in [0.5, 0.6) is 0 Å². The fourth-order valence-electron chi connectivity index (χ4n) is 2.67. The first-order valence-electron chi connectivity index (χ1n) is 10.2. The van der Waals surface area contributed by atoms with E-state index in [1.165, 1.54) is 0 Å². The number of hydrogen-bond acceptors (Lipinski definition) is 10. The number of epoxide rings is 2. The van der Waals surface area contributed by atoms with Gasteiger partial charge in [-0.15, -0.1) is 0 Å². The third kappa shape index (κ3) is 11.1. The van der Waals surface area contributed by atoms with Gasteiger partial charge in [-0.1, -0.05) is 0 Å². The van der Waals surface area contributed by atoms with Crippen molar-refractivity contribution in [3.05, 3.63) is 0 Å². The lowest BCUT2D eigenvalue weighted by Crippen LogP contribution is -2.45.